The topological polar surface area (TPSA) is 42.9 Å². The van der Waals surface area contributed by atoms with Crippen LogP contribution in [-0.2, 0) is 0 Å². The molecule has 0 aliphatic heterocycles. The first-order valence-electron chi connectivity index (χ1n) is 5.90. The zero-order chi connectivity index (χ0) is 13.3. The maximum absolute atomic E-state index is 10.8. The molecular weight excluding hydrogens is 224 g/mol. The highest BCUT2D eigenvalue weighted by atomic mass is 16.1. The summed E-state index contributed by atoms with van der Waals surface area (Å²) in [5.41, 5.74) is 6.80. The van der Waals surface area contributed by atoms with E-state index in [-0.39, 0.29) is 5.82 Å². The number of aldehydes is 1. The third kappa shape index (κ3) is 2.04. The average Bonchev–Trinajstić information content (AvgIpc) is 2.37. The van der Waals surface area contributed by atoms with Gasteiger partial charge in [-0.3, -0.25) is 4.79 Å². The molecule has 18 heavy (non-hydrogen) atoms. The maximum atomic E-state index is 10.8. The van der Waals surface area contributed by atoms with E-state index in [2.05, 4.69) is 43.7 Å². The Kier molecular flexibility index (Phi) is 3.24. The molecule has 0 aliphatic carbocycles. The van der Waals surface area contributed by atoms with E-state index in [1.807, 2.05) is 6.07 Å². The van der Waals surface area contributed by atoms with Gasteiger partial charge in [0.15, 0.2) is 12.1 Å². The minimum Gasteiger partial charge on any atom is -0.294 e. The highest BCUT2D eigenvalue weighted by Crippen LogP contribution is 2.29. The Hall–Kier alpha value is -2.03. The Balaban J connectivity index is 2.73. The molecule has 1 heterocycles. The van der Waals surface area contributed by atoms with Gasteiger partial charge in [-0.15, -0.1) is 0 Å². The van der Waals surface area contributed by atoms with Crippen molar-refractivity contribution in [2.75, 3.05) is 0 Å². The molecule has 0 aliphatic rings. The molecule has 3 nitrogen and oxygen atoms in total. The maximum Gasteiger partial charge on any atom is 0.193 e. The van der Waals surface area contributed by atoms with Crippen molar-refractivity contribution in [3.05, 3.63) is 46.4 Å². The van der Waals surface area contributed by atoms with E-state index in [0.717, 1.165) is 11.3 Å². The quantitative estimate of drug-likeness (QED) is 0.757. The molecule has 2 rings (SSSR count). The number of aryl methyl sites for hydroxylation is 2. The molecule has 0 fully saturated rings. The Morgan fingerprint density at radius 1 is 1.06 bits per heavy atom. The lowest BCUT2D eigenvalue weighted by molar-refractivity contribution is 0.111. The molecule has 0 saturated carbocycles. The first kappa shape index (κ1) is 12.4. The monoisotopic (exact) mass is 240 g/mol. The number of nitrogens with zero attached hydrogens (tertiary/aromatic N) is 2. The van der Waals surface area contributed by atoms with Gasteiger partial charge >= 0.3 is 0 Å². The van der Waals surface area contributed by atoms with Gasteiger partial charge in [0.25, 0.3) is 0 Å². The van der Waals surface area contributed by atoms with Crippen LogP contribution in [-0.4, -0.2) is 16.3 Å². The number of hydrogen-bond acceptors (Lipinski definition) is 3. The molecule has 0 amide bonds. The second kappa shape index (κ2) is 4.69. The number of aromatic nitrogens is 2. The Morgan fingerprint density at radius 2 is 1.67 bits per heavy atom. The molecule has 0 bridgehead atoms. The first-order valence-corrected chi connectivity index (χ1v) is 5.90. The number of carbonyl (C=O) groups is 1. The Labute approximate surface area is 107 Å². The van der Waals surface area contributed by atoms with Crippen LogP contribution in [0, 0.1) is 27.7 Å². The molecule has 0 saturated heterocycles. The lowest BCUT2D eigenvalue weighted by atomic mass is 9.92. The summed E-state index contributed by atoms with van der Waals surface area (Å²) in [5.74, 6) is 0.227. The van der Waals surface area contributed by atoms with Crippen molar-refractivity contribution in [1.82, 2.24) is 9.97 Å². The van der Waals surface area contributed by atoms with E-state index in [4.69, 9.17) is 0 Å². The van der Waals surface area contributed by atoms with Crippen molar-refractivity contribution in [3.8, 4) is 11.3 Å². The molecule has 0 N–H and O–H groups in total. The van der Waals surface area contributed by atoms with Gasteiger partial charge in [-0.2, -0.15) is 0 Å². The summed E-state index contributed by atoms with van der Waals surface area (Å²) in [6, 6.07) is 4.03. The summed E-state index contributed by atoms with van der Waals surface area (Å²) in [5, 5.41) is 0. The van der Waals surface area contributed by atoms with Gasteiger partial charge in [0.2, 0.25) is 0 Å². The molecule has 0 atom stereocenters. The fourth-order valence-electron chi connectivity index (χ4n) is 2.17. The van der Waals surface area contributed by atoms with Crippen molar-refractivity contribution >= 4 is 6.29 Å². The normalized spacial score (nSPS) is 10.4. The van der Waals surface area contributed by atoms with Crippen LogP contribution >= 0.6 is 0 Å². The summed E-state index contributed by atoms with van der Waals surface area (Å²) >= 11 is 0. The van der Waals surface area contributed by atoms with E-state index < -0.39 is 0 Å². The Morgan fingerprint density at radius 3 is 2.22 bits per heavy atom. The summed E-state index contributed by atoms with van der Waals surface area (Å²) in [7, 11) is 0. The molecule has 0 unspecified atom stereocenters. The van der Waals surface area contributed by atoms with Gasteiger partial charge in [0, 0.05) is 11.8 Å². The van der Waals surface area contributed by atoms with Crippen LogP contribution in [0.15, 0.2) is 18.3 Å². The highest BCUT2D eigenvalue weighted by molar-refractivity contribution is 5.74. The fourth-order valence-corrected chi connectivity index (χ4v) is 2.17. The molecule has 1 aromatic carbocycles. The van der Waals surface area contributed by atoms with Gasteiger partial charge in [0.05, 0.1) is 5.69 Å². The van der Waals surface area contributed by atoms with Gasteiger partial charge in [0.1, 0.15) is 0 Å². The Bertz CT molecular complexity index is 592. The van der Waals surface area contributed by atoms with Crippen LogP contribution in [0.5, 0.6) is 0 Å². The van der Waals surface area contributed by atoms with E-state index in [0.29, 0.717) is 6.29 Å². The number of carbonyl (C=O) groups excluding carboxylic acids is 1. The van der Waals surface area contributed by atoms with Gasteiger partial charge in [-0.25, -0.2) is 9.97 Å². The third-order valence-corrected chi connectivity index (χ3v) is 3.40. The summed E-state index contributed by atoms with van der Waals surface area (Å²) < 4.78 is 0. The highest BCUT2D eigenvalue weighted by Gasteiger charge is 2.12. The van der Waals surface area contributed by atoms with Gasteiger partial charge < -0.3 is 0 Å². The predicted octanol–water partition coefficient (Wildman–Crippen LogP) is 3.19. The minimum absolute atomic E-state index is 0.227. The zero-order valence-corrected chi connectivity index (χ0v) is 11.1. The van der Waals surface area contributed by atoms with Gasteiger partial charge in [-0.05, 0) is 56.0 Å². The average molecular weight is 240 g/mol. The van der Waals surface area contributed by atoms with Crippen molar-refractivity contribution in [2.45, 2.75) is 27.7 Å². The van der Waals surface area contributed by atoms with Crippen LogP contribution < -0.4 is 0 Å². The SMILES string of the molecule is Cc1cc(C)c(C)c(-c2ccnc(C=O)n2)c1C. The number of benzene rings is 1. The second-order valence-electron chi connectivity index (χ2n) is 4.55. The van der Waals surface area contributed by atoms with E-state index in [9.17, 15) is 4.79 Å². The summed E-state index contributed by atoms with van der Waals surface area (Å²) in [6.45, 7) is 8.35. The third-order valence-electron chi connectivity index (χ3n) is 3.40. The molecule has 0 radical (unpaired) electrons. The summed E-state index contributed by atoms with van der Waals surface area (Å²) in [4.78, 5) is 19.0. The van der Waals surface area contributed by atoms with Crippen LogP contribution in [0.1, 0.15) is 32.9 Å². The first-order chi connectivity index (χ1) is 8.54. The van der Waals surface area contributed by atoms with Gasteiger partial charge in [-0.1, -0.05) is 6.07 Å². The van der Waals surface area contributed by atoms with Crippen LogP contribution in [0.25, 0.3) is 11.3 Å². The molecule has 2 aromatic rings. The minimum atomic E-state index is 0.227. The van der Waals surface area contributed by atoms with Crippen molar-refractivity contribution in [1.29, 1.82) is 0 Å². The zero-order valence-electron chi connectivity index (χ0n) is 11.1. The van der Waals surface area contributed by atoms with Crippen molar-refractivity contribution < 1.29 is 4.79 Å². The predicted molar refractivity (Wildman–Crippen MR) is 71.8 cm³/mol. The second-order valence-corrected chi connectivity index (χ2v) is 4.55. The largest absolute Gasteiger partial charge is 0.294 e. The standard InChI is InChI=1S/C15H16N2O/c1-9-7-10(2)12(4)15(11(9)3)13-5-6-16-14(8-18)17-13/h5-8H,1-4H3. The molecule has 3 heteroatoms. The lowest BCUT2D eigenvalue weighted by Gasteiger charge is -2.14. The smallest absolute Gasteiger partial charge is 0.193 e. The fraction of sp³-hybridized carbons (Fsp3) is 0.267. The van der Waals surface area contributed by atoms with Crippen molar-refractivity contribution in [2.24, 2.45) is 0 Å². The van der Waals surface area contributed by atoms with E-state index in [1.54, 1.807) is 6.20 Å². The van der Waals surface area contributed by atoms with Crippen LogP contribution in [0.3, 0.4) is 0 Å². The molecule has 92 valence electrons. The van der Waals surface area contributed by atoms with Crippen molar-refractivity contribution in [3.63, 3.8) is 0 Å². The number of rotatable bonds is 2. The molecular formula is C15H16N2O. The molecule has 0 spiro atoms. The van der Waals surface area contributed by atoms with Crippen LogP contribution in [0.4, 0.5) is 0 Å². The summed E-state index contributed by atoms with van der Waals surface area (Å²) in [6.07, 6.45) is 2.30. The van der Waals surface area contributed by atoms with E-state index >= 15 is 0 Å². The molecule has 1 aromatic heterocycles. The van der Waals surface area contributed by atoms with E-state index in [1.165, 1.54) is 22.3 Å². The lowest BCUT2D eigenvalue weighted by Crippen LogP contribution is -1.99. The van der Waals surface area contributed by atoms with Crippen LogP contribution in [0.2, 0.25) is 0 Å². The number of hydrogen-bond donors (Lipinski definition) is 0.